The van der Waals surface area contributed by atoms with Crippen LogP contribution in [0.3, 0.4) is 0 Å². The topological polar surface area (TPSA) is 141 Å². The van der Waals surface area contributed by atoms with Gasteiger partial charge in [0.2, 0.25) is 0 Å². The molecule has 0 radical (unpaired) electrons. The monoisotopic (exact) mass is 874 g/mol. The third kappa shape index (κ3) is 8.07. The summed E-state index contributed by atoms with van der Waals surface area (Å²) in [5.41, 5.74) is 6.60. The van der Waals surface area contributed by atoms with Crippen molar-refractivity contribution in [2.45, 2.75) is 12.8 Å². The van der Waals surface area contributed by atoms with Crippen molar-refractivity contribution in [3.63, 3.8) is 0 Å². The maximum Gasteiger partial charge on any atom is 0.336 e. The standard InChI is InChI=1S/C42H26N4O6S6/c47-35-33(19-27-5-1-3-7-29(27)37(49)50)57-41(53)45(35)39-43-31(21-55-39)25-15-11-23(12-16-25)9-10-24-13-17-26(18-14-24)32-22-56-40(44-32)46-36(48)34(58-42(46)54)20-28-6-2-4-8-30(28)38(51)52/h1-8,11-22H,9-10H2,(H,49,50)(H,51,52)/b33-19+,34-20+. The average molecular weight is 875 g/mol. The maximum atomic E-state index is 13.4. The van der Waals surface area contributed by atoms with Crippen molar-refractivity contribution in [3.05, 3.63) is 151 Å². The number of thiocarbonyl (C=S) groups is 2. The van der Waals surface area contributed by atoms with Crippen molar-refractivity contribution in [1.29, 1.82) is 0 Å². The molecular formula is C42H26N4O6S6. The minimum absolute atomic E-state index is 0.102. The fourth-order valence-electron chi connectivity index (χ4n) is 6.16. The second-order valence-corrected chi connectivity index (χ2v) is 17.8. The van der Waals surface area contributed by atoms with E-state index in [0.29, 0.717) is 39.8 Å². The highest BCUT2D eigenvalue weighted by Gasteiger charge is 2.37. The van der Waals surface area contributed by atoms with Gasteiger partial charge in [0.1, 0.15) is 0 Å². The fourth-order valence-corrected chi connectivity index (χ4v) is 10.6. The van der Waals surface area contributed by atoms with Crippen LogP contribution in [-0.2, 0) is 22.4 Å². The van der Waals surface area contributed by atoms with Crippen LogP contribution < -0.4 is 9.80 Å². The Hall–Kier alpha value is -5.62. The van der Waals surface area contributed by atoms with E-state index in [2.05, 4.69) is 24.3 Å². The molecule has 0 bridgehead atoms. The molecular weight excluding hydrogens is 849 g/mol. The van der Waals surface area contributed by atoms with Gasteiger partial charge in [0, 0.05) is 21.9 Å². The fraction of sp³-hybridized carbons (Fsp3) is 0.0476. The first kappa shape index (κ1) is 39.2. The Kier molecular flexibility index (Phi) is 11.3. The molecule has 6 aromatic rings. The lowest BCUT2D eigenvalue weighted by molar-refractivity contribution is -0.114. The molecule has 4 aromatic carbocycles. The number of carbonyl (C=O) groups is 4. The molecule has 0 atom stereocenters. The van der Waals surface area contributed by atoms with Crippen LogP contribution in [0.1, 0.15) is 43.0 Å². The molecule has 286 valence electrons. The van der Waals surface area contributed by atoms with E-state index >= 15 is 0 Å². The predicted molar refractivity (Wildman–Crippen MR) is 241 cm³/mol. The summed E-state index contributed by atoms with van der Waals surface area (Å²) < 4.78 is 0.663. The molecule has 0 spiro atoms. The Labute approximate surface area is 358 Å². The van der Waals surface area contributed by atoms with Gasteiger partial charge in [0.05, 0.1) is 32.3 Å². The number of hydrogen-bond acceptors (Lipinski definition) is 12. The largest absolute Gasteiger partial charge is 0.478 e. The first-order valence-electron chi connectivity index (χ1n) is 17.3. The van der Waals surface area contributed by atoms with Crippen LogP contribution in [0.25, 0.3) is 34.7 Å². The summed E-state index contributed by atoms with van der Waals surface area (Å²) in [4.78, 5) is 62.9. The van der Waals surface area contributed by atoms with Crippen molar-refractivity contribution in [1.82, 2.24) is 9.97 Å². The minimum atomic E-state index is -1.07. The summed E-state index contributed by atoms with van der Waals surface area (Å²) in [6.07, 6.45) is 4.74. The molecule has 0 unspecified atom stereocenters. The SMILES string of the molecule is O=C(O)c1ccccc1/C=C1/SC(=S)N(c2nc(-c3ccc(CCc4ccc(-c5csc(N6C(=O)/C(=C\c7ccccc7C(=O)O)SC6=S)n5)cc4)cc3)cs2)C1=O. The van der Waals surface area contributed by atoms with Crippen molar-refractivity contribution in [2.75, 3.05) is 9.80 Å². The molecule has 2 N–H and O–H groups in total. The van der Waals surface area contributed by atoms with Gasteiger partial charge in [-0.05, 0) is 59.4 Å². The van der Waals surface area contributed by atoms with Crippen LogP contribution in [-0.4, -0.2) is 52.6 Å². The van der Waals surface area contributed by atoms with E-state index in [1.54, 1.807) is 48.6 Å². The smallest absolute Gasteiger partial charge is 0.336 e. The third-order valence-corrected chi connectivity index (χ3v) is 13.4. The number of carboxylic acid groups (broad SMARTS) is 2. The minimum Gasteiger partial charge on any atom is -0.478 e. The van der Waals surface area contributed by atoms with E-state index in [1.165, 1.54) is 44.6 Å². The Bertz CT molecular complexity index is 2550. The molecule has 4 heterocycles. The lowest BCUT2D eigenvalue weighted by Crippen LogP contribution is -2.27. The van der Waals surface area contributed by atoms with Crippen LogP contribution in [0, 0.1) is 0 Å². The van der Waals surface area contributed by atoms with Gasteiger partial charge in [-0.25, -0.2) is 29.4 Å². The first-order chi connectivity index (χ1) is 28.0. The van der Waals surface area contributed by atoms with E-state index < -0.39 is 11.9 Å². The van der Waals surface area contributed by atoms with Gasteiger partial charge >= 0.3 is 11.9 Å². The number of anilines is 2. The second kappa shape index (κ2) is 16.7. The molecule has 2 amide bonds. The van der Waals surface area contributed by atoms with Gasteiger partial charge < -0.3 is 10.2 Å². The van der Waals surface area contributed by atoms with E-state index in [0.717, 1.165) is 70.0 Å². The van der Waals surface area contributed by atoms with Gasteiger partial charge in [-0.1, -0.05) is 133 Å². The van der Waals surface area contributed by atoms with E-state index in [-0.39, 0.29) is 22.9 Å². The number of carboxylic acids is 2. The normalized spacial score (nSPS) is 15.7. The summed E-state index contributed by atoms with van der Waals surface area (Å²) in [6.45, 7) is 0. The highest BCUT2D eigenvalue weighted by Crippen LogP contribution is 2.40. The van der Waals surface area contributed by atoms with Gasteiger partial charge in [-0.3, -0.25) is 9.59 Å². The van der Waals surface area contributed by atoms with Crippen molar-refractivity contribution >= 4 is 125 Å². The molecule has 2 saturated heterocycles. The van der Waals surface area contributed by atoms with E-state index in [1.807, 2.05) is 35.0 Å². The summed E-state index contributed by atoms with van der Waals surface area (Å²) in [5.74, 6) is -2.84. The lowest BCUT2D eigenvalue weighted by atomic mass is 10.0. The van der Waals surface area contributed by atoms with Crippen molar-refractivity contribution in [2.24, 2.45) is 0 Å². The number of thioether (sulfide) groups is 2. The summed E-state index contributed by atoms with van der Waals surface area (Å²) in [6, 6.07) is 29.3. The number of benzene rings is 4. The molecule has 2 fully saturated rings. The van der Waals surface area contributed by atoms with Crippen LogP contribution >= 0.6 is 70.6 Å². The van der Waals surface area contributed by atoms with Crippen molar-refractivity contribution in [3.8, 4) is 22.5 Å². The summed E-state index contributed by atoms with van der Waals surface area (Å²) >= 11 is 15.9. The maximum absolute atomic E-state index is 13.4. The van der Waals surface area contributed by atoms with Gasteiger partial charge in [0.15, 0.2) is 18.9 Å². The number of nitrogens with zero attached hydrogens (tertiary/aromatic N) is 4. The Morgan fingerprint density at radius 2 is 0.966 bits per heavy atom. The zero-order valence-corrected chi connectivity index (χ0v) is 34.6. The van der Waals surface area contributed by atoms with Crippen LogP contribution in [0.5, 0.6) is 0 Å². The zero-order chi connectivity index (χ0) is 40.5. The Morgan fingerprint density at radius 1 is 0.586 bits per heavy atom. The number of carbonyl (C=O) groups excluding carboxylic acids is 2. The third-order valence-electron chi connectivity index (χ3n) is 9.11. The van der Waals surface area contributed by atoms with E-state index in [9.17, 15) is 29.4 Å². The van der Waals surface area contributed by atoms with Gasteiger partial charge in [0.25, 0.3) is 11.8 Å². The van der Waals surface area contributed by atoms with Crippen LogP contribution in [0.4, 0.5) is 10.3 Å². The number of amides is 2. The van der Waals surface area contributed by atoms with Crippen LogP contribution in [0.2, 0.25) is 0 Å². The molecule has 0 saturated carbocycles. The quantitative estimate of drug-likeness (QED) is 0.0946. The molecule has 2 aliphatic heterocycles. The summed E-state index contributed by atoms with van der Waals surface area (Å²) in [7, 11) is 0. The van der Waals surface area contributed by atoms with Crippen molar-refractivity contribution < 1.29 is 29.4 Å². The van der Waals surface area contributed by atoms with Crippen LogP contribution in [0.15, 0.2) is 118 Å². The highest BCUT2D eigenvalue weighted by molar-refractivity contribution is 8.27. The molecule has 0 aliphatic carbocycles. The Morgan fingerprint density at radius 3 is 1.34 bits per heavy atom. The number of aromatic nitrogens is 2. The molecule has 2 aromatic heterocycles. The second-order valence-electron chi connectivity index (χ2n) is 12.7. The highest BCUT2D eigenvalue weighted by atomic mass is 32.2. The number of thiazole rings is 2. The van der Waals surface area contributed by atoms with Gasteiger partial charge in [-0.15, -0.1) is 22.7 Å². The van der Waals surface area contributed by atoms with Gasteiger partial charge in [-0.2, -0.15) is 0 Å². The molecule has 16 heteroatoms. The molecule has 8 rings (SSSR count). The molecule has 58 heavy (non-hydrogen) atoms. The molecule has 10 nitrogen and oxygen atoms in total. The average Bonchev–Trinajstić information content (AvgIpc) is 4.01. The zero-order valence-electron chi connectivity index (χ0n) is 29.7. The number of aromatic carboxylic acids is 2. The lowest BCUT2D eigenvalue weighted by Gasteiger charge is -2.10. The number of hydrogen-bond donors (Lipinski definition) is 2. The van der Waals surface area contributed by atoms with E-state index in [4.69, 9.17) is 34.4 Å². The molecule has 2 aliphatic rings. The first-order valence-corrected chi connectivity index (χ1v) is 21.5. The predicted octanol–water partition coefficient (Wildman–Crippen LogP) is 9.93. The Balaban J connectivity index is 0.880. The number of aryl methyl sites for hydroxylation is 2. The number of rotatable bonds is 11. The summed E-state index contributed by atoms with van der Waals surface area (Å²) in [5, 5.41) is 23.7.